The Morgan fingerprint density at radius 1 is 1.31 bits per heavy atom. The molecule has 1 rings (SSSR count). The molecule has 1 fully saturated rings. The van der Waals surface area contributed by atoms with E-state index < -0.39 is 5.60 Å². The van der Waals surface area contributed by atoms with Crippen LogP contribution in [0.1, 0.15) is 79.6 Å². The van der Waals surface area contributed by atoms with Gasteiger partial charge in [-0.05, 0) is 50.9 Å². The molecular weight excluding hydrogens is 328 g/mol. The van der Waals surface area contributed by atoms with Gasteiger partial charge in [0.15, 0.2) is 0 Å². The van der Waals surface area contributed by atoms with E-state index in [1.54, 1.807) is 0 Å². The number of hydrogen-bond acceptors (Lipinski definition) is 4. The van der Waals surface area contributed by atoms with Gasteiger partial charge in [-0.3, -0.25) is 4.79 Å². The standard InChI is InChI=1S/C22H38O4/c1-7-11-12-18(8-2)13-17(5)15-22(10-4)16-19(9-3)20(25-26-22)14-21(23)24-6/h11-12,15,18-20H,7-10,13-14,16H2,1-6H3/b12-11+,17-15+/t18?,19?,20?,22-/m1/s1. The van der Waals surface area contributed by atoms with E-state index in [4.69, 9.17) is 14.5 Å². The predicted octanol–water partition coefficient (Wildman–Crippen LogP) is 5.77. The van der Waals surface area contributed by atoms with Gasteiger partial charge in [-0.2, -0.15) is 0 Å². The van der Waals surface area contributed by atoms with E-state index in [1.807, 2.05) is 0 Å². The van der Waals surface area contributed by atoms with Crippen LogP contribution in [0.2, 0.25) is 0 Å². The van der Waals surface area contributed by atoms with Crippen LogP contribution in [0.15, 0.2) is 23.8 Å². The Balaban J connectivity index is 2.84. The second-order valence-electron chi connectivity index (χ2n) is 7.49. The van der Waals surface area contributed by atoms with E-state index >= 15 is 0 Å². The van der Waals surface area contributed by atoms with Gasteiger partial charge >= 0.3 is 5.97 Å². The minimum Gasteiger partial charge on any atom is -0.469 e. The van der Waals surface area contributed by atoms with Gasteiger partial charge in [0.2, 0.25) is 0 Å². The van der Waals surface area contributed by atoms with Crippen molar-refractivity contribution in [2.24, 2.45) is 11.8 Å². The van der Waals surface area contributed by atoms with Crippen LogP contribution in [-0.4, -0.2) is 24.8 Å². The van der Waals surface area contributed by atoms with Crippen molar-refractivity contribution in [2.45, 2.75) is 91.3 Å². The van der Waals surface area contributed by atoms with Crippen molar-refractivity contribution < 1.29 is 19.3 Å². The minimum atomic E-state index is -0.399. The number of allylic oxidation sites excluding steroid dienone is 3. The van der Waals surface area contributed by atoms with Crippen molar-refractivity contribution >= 4 is 5.97 Å². The first-order chi connectivity index (χ1) is 12.4. The van der Waals surface area contributed by atoms with E-state index in [2.05, 4.69) is 52.8 Å². The molecule has 150 valence electrons. The van der Waals surface area contributed by atoms with Crippen LogP contribution < -0.4 is 0 Å². The largest absolute Gasteiger partial charge is 0.469 e. The van der Waals surface area contributed by atoms with Crippen LogP contribution in [0, 0.1) is 11.8 Å². The normalized spacial score (nSPS) is 28.3. The van der Waals surface area contributed by atoms with E-state index in [0.29, 0.717) is 5.92 Å². The zero-order valence-electron chi connectivity index (χ0n) is 17.5. The molecule has 1 heterocycles. The molecule has 1 aliphatic rings. The summed E-state index contributed by atoms with van der Waals surface area (Å²) in [4.78, 5) is 23.2. The molecule has 0 saturated carbocycles. The van der Waals surface area contributed by atoms with E-state index in [1.165, 1.54) is 12.7 Å². The maximum absolute atomic E-state index is 11.6. The van der Waals surface area contributed by atoms with Gasteiger partial charge in [0.25, 0.3) is 0 Å². The number of methoxy groups -OCH3 is 1. The summed E-state index contributed by atoms with van der Waals surface area (Å²) in [6.07, 6.45) is 12.8. The van der Waals surface area contributed by atoms with Crippen LogP contribution >= 0.6 is 0 Å². The number of carbonyl (C=O) groups excluding carboxylic acids is 1. The number of esters is 1. The van der Waals surface area contributed by atoms with Crippen molar-refractivity contribution in [3.05, 3.63) is 23.8 Å². The van der Waals surface area contributed by atoms with Gasteiger partial charge in [-0.1, -0.05) is 57.9 Å². The third-order valence-corrected chi connectivity index (χ3v) is 5.45. The lowest BCUT2D eigenvalue weighted by molar-refractivity contribution is -0.409. The fraction of sp³-hybridized carbons (Fsp3) is 0.773. The molecule has 0 aromatic carbocycles. The number of rotatable bonds is 10. The highest BCUT2D eigenvalue weighted by Crippen LogP contribution is 2.39. The molecule has 0 aliphatic carbocycles. The zero-order valence-corrected chi connectivity index (χ0v) is 17.5. The second-order valence-corrected chi connectivity index (χ2v) is 7.49. The van der Waals surface area contributed by atoms with Gasteiger partial charge in [0.1, 0.15) is 11.7 Å². The van der Waals surface area contributed by atoms with Gasteiger partial charge < -0.3 is 4.74 Å². The summed E-state index contributed by atoms with van der Waals surface area (Å²) < 4.78 is 4.78. The second kappa shape index (κ2) is 11.6. The highest BCUT2D eigenvalue weighted by Gasteiger charge is 2.41. The molecule has 0 radical (unpaired) electrons. The Bertz CT molecular complexity index is 483. The van der Waals surface area contributed by atoms with Crippen molar-refractivity contribution in [2.75, 3.05) is 7.11 Å². The van der Waals surface area contributed by atoms with Gasteiger partial charge in [-0.25, -0.2) is 9.78 Å². The molecule has 4 atom stereocenters. The topological polar surface area (TPSA) is 44.8 Å². The molecule has 4 heteroatoms. The zero-order chi connectivity index (χ0) is 19.6. The van der Waals surface area contributed by atoms with Crippen LogP contribution in [0.4, 0.5) is 0 Å². The molecule has 1 aliphatic heterocycles. The third kappa shape index (κ3) is 6.88. The van der Waals surface area contributed by atoms with Crippen molar-refractivity contribution in [1.82, 2.24) is 0 Å². The summed E-state index contributed by atoms with van der Waals surface area (Å²) in [6, 6.07) is 0. The van der Waals surface area contributed by atoms with Gasteiger partial charge in [0.05, 0.1) is 13.5 Å². The van der Waals surface area contributed by atoms with Crippen LogP contribution in [0.3, 0.4) is 0 Å². The average Bonchev–Trinajstić information content (AvgIpc) is 2.66. The Kier molecular flexibility index (Phi) is 10.2. The molecule has 4 nitrogen and oxygen atoms in total. The lowest BCUT2D eigenvalue weighted by atomic mass is 9.80. The summed E-state index contributed by atoms with van der Waals surface area (Å²) in [5.74, 6) is 0.605. The Morgan fingerprint density at radius 2 is 2.04 bits per heavy atom. The molecular formula is C22H38O4. The number of hydrogen-bond donors (Lipinski definition) is 0. The highest BCUT2D eigenvalue weighted by atomic mass is 17.2. The van der Waals surface area contributed by atoms with E-state index in [-0.39, 0.29) is 24.4 Å². The molecule has 3 unspecified atom stereocenters. The predicted molar refractivity (Wildman–Crippen MR) is 106 cm³/mol. The highest BCUT2D eigenvalue weighted by molar-refractivity contribution is 5.69. The SMILES string of the molecule is CC/C=C/C(CC)C/C(C)=C/[C@]1(CC)CC(CC)C(CC(=O)OC)OO1. The summed E-state index contributed by atoms with van der Waals surface area (Å²) in [5.41, 5.74) is 0.939. The number of carbonyl (C=O) groups is 1. The fourth-order valence-corrected chi connectivity index (χ4v) is 3.69. The van der Waals surface area contributed by atoms with Crippen LogP contribution in [0.25, 0.3) is 0 Å². The summed E-state index contributed by atoms with van der Waals surface area (Å²) >= 11 is 0. The molecule has 0 spiro atoms. The minimum absolute atomic E-state index is 0.225. The quantitative estimate of drug-likeness (QED) is 0.279. The summed E-state index contributed by atoms with van der Waals surface area (Å²) in [5, 5.41) is 0. The Labute approximate surface area is 159 Å². The van der Waals surface area contributed by atoms with E-state index in [9.17, 15) is 4.79 Å². The first kappa shape index (κ1) is 22.9. The monoisotopic (exact) mass is 366 g/mol. The average molecular weight is 367 g/mol. The molecule has 26 heavy (non-hydrogen) atoms. The molecule has 0 aromatic heterocycles. The fourth-order valence-electron chi connectivity index (χ4n) is 3.69. The van der Waals surface area contributed by atoms with Gasteiger partial charge in [-0.15, -0.1) is 0 Å². The van der Waals surface area contributed by atoms with Crippen LogP contribution in [0.5, 0.6) is 0 Å². The lowest BCUT2D eigenvalue weighted by Crippen LogP contribution is -2.44. The number of ether oxygens (including phenoxy) is 1. The smallest absolute Gasteiger partial charge is 0.308 e. The summed E-state index contributed by atoms with van der Waals surface area (Å²) in [7, 11) is 1.41. The molecule has 0 N–H and O–H groups in total. The van der Waals surface area contributed by atoms with Crippen molar-refractivity contribution in [3.63, 3.8) is 0 Å². The lowest BCUT2D eigenvalue weighted by Gasteiger charge is -2.41. The van der Waals surface area contributed by atoms with Gasteiger partial charge in [0, 0.05) is 0 Å². The Hall–Kier alpha value is -1.13. The van der Waals surface area contributed by atoms with Crippen molar-refractivity contribution in [1.29, 1.82) is 0 Å². The molecule has 0 amide bonds. The van der Waals surface area contributed by atoms with Crippen molar-refractivity contribution in [3.8, 4) is 0 Å². The first-order valence-corrected chi connectivity index (χ1v) is 10.2. The van der Waals surface area contributed by atoms with E-state index in [0.717, 1.165) is 38.5 Å². The molecule has 0 aromatic rings. The third-order valence-electron chi connectivity index (χ3n) is 5.45. The maximum atomic E-state index is 11.6. The summed E-state index contributed by atoms with van der Waals surface area (Å²) in [6.45, 7) is 10.9. The Morgan fingerprint density at radius 3 is 2.58 bits per heavy atom. The molecule has 1 saturated heterocycles. The van der Waals surface area contributed by atoms with Crippen LogP contribution in [-0.2, 0) is 19.3 Å². The molecule has 0 bridgehead atoms. The first-order valence-electron chi connectivity index (χ1n) is 10.2. The maximum Gasteiger partial charge on any atom is 0.308 e.